The molecular weight excluding hydrogens is 786 g/mol. The van der Waals surface area contributed by atoms with Crippen LogP contribution in [-0.4, -0.2) is 74.9 Å². The number of allylic oxidation sites excluding steroid dienone is 2. The summed E-state index contributed by atoms with van der Waals surface area (Å²) in [5, 5.41) is 0. The van der Waals surface area contributed by atoms with E-state index in [0.29, 0.717) is 17.4 Å². The largest absolute Gasteiger partial charge is 0.472 e. The molecule has 0 radical (unpaired) electrons. The van der Waals surface area contributed by atoms with Gasteiger partial charge in [-0.05, 0) is 38.5 Å². The van der Waals surface area contributed by atoms with Gasteiger partial charge >= 0.3 is 19.8 Å². The second-order valence-corrected chi connectivity index (χ2v) is 20.4. The Balaban J connectivity index is 4.19. The molecule has 9 nitrogen and oxygen atoms in total. The highest BCUT2D eigenvalue weighted by molar-refractivity contribution is 7.47. The Hall–Kier alpha value is -1.25. The average molecular weight is 887 g/mol. The summed E-state index contributed by atoms with van der Waals surface area (Å²) in [6.07, 6.45) is 48.4. The van der Waals surface area contributed by atoms with E-state index in [9.17, 15) is 19.0 Å². The average Bonchev–Trinajstić information content (AvgIpc) is 3.21. The molecule has 0 fully saturated rings. The Morgan fingerprint density at radius 3 is 1.21 bits per heavy atom. The molecule has 0 saturated heterocycles. The molecule has 0 aliphatic rings. The van der Waals surface area contributed by atoms with E-state index in [-0.39, 0.29) is 32.0 Å². The summed E-state index contributed by atoms with van der Waals surface area (Å²) >= 11 is 0. The lowest BCUT2D eigenvalue weighted by Crippen LogP contribution is -2.37. The summed E-state index contributed by atoms with van der Waals surface area (Å²) in [5.41, 5.74) is 0. The molecule has 10 heteroatoms. The van der Waals surface area contributed by atoms with Crippen molar-refractivity contribution in [1.82, 2.24) is 0 Å². The fraction of sp³-hybridized carbons (Fsp3) is 0.922. The molecule has 1 unspecified atom stereocenters. The molecular formula is C51H101NO8P+. The summed E-state index contributed by atoms with van der Waals surface area (Å²) in [6.45, 7) is 4.46. The minimum atomic E-state index is -4.38. The van der Waals surface area contributed by atoms with Gasteiger partial charge in [0.15, 0.2) is 6.10 Å². The summed E-state index contributed by atoms with van der Waals surface area (Å²) in [5.74, 6) is -0.793. The normalized spacial score (nSPS) is 13.5. The van der Waals surface area contributed by atoms with Crippen LogP contribution < -0.4 is 0 Å². The number of ether oxygens (including phenoxy) is 2. The van der Waals surface area contributed by atoms with E-state index in [4.69, 9.17) is 18.5 Å². The smallest absolute Gasteiger partial charge is 0.462 e. The first-order chi connectivity index (χ1) is 29.5. The predicted molar refractivity (Wildman–Crippen MR) is 257 cm³/mol. The zero-order valence-corrected chi connectivity index (χ0v) is 41.8. The third-order valence-electron chi connectivity index (χ3n) is 11.5. The van der Waals surface area contributed by atoms with E-state index in [1.807, 2.05) is 21.1 Å². The van der Waals surface area contributed by atoms with Gasteiger partial charge in [0.2, 0.25) is 0 Å². The summed E-state index contributed by atoms with van der Waals surface area (Å²) in [4.78, 5) is 35.5. The van der Waals surface area contributed by atoms with Crippen LogP contribution in [0, 0.1) is 0 Å². The maximum atomic E-state index is 12.8. The number of hydrogen-bond donors (Lipinski definition) is 1. The maximum absolute atomic E-state index is 12.8. The number of esters is 2. The van der Waals surface area contributed by atoms with E-state index in [2.05, 4.69) is 26.0 Å². The Kier molecular flexibility index (Phi) is 43.1. The number of rotatable bonds is 48. The summed E-state index contributed by atoms with van der Waals surface area (Å²) in [6, 6.07) is 0. The van der Waals surface area contributed by atoms with Crippen LogP contribution in [0.2, 0.25) is 0 Å². The summed E-state index contributed by atoms with van der Waals surface area (Å²) in [7, 11) is 1.49. The van der Waals surface area contributed by atoms with Crippen molar-refractivity contribution >= 4 is 19.8 Å². The van der Waals surface area contributed by atoms with Crippen molar-refractivity contribution in [2.75, 3.05) is 47.5 Å². The van der Waals surface area contributed by atoms with E-state index < -0.39 is 26.5 Å². The fourth-order valence-corrected chi connectivity index (χ4v) is 8.22. The third kappa shape index (κ3) is 48.1. The van der Waals surface area contributed by atoms with Crippen LogP contribution in [0.25, 0.3) is 0 Å². The molecule has 61 heavy (non-hydrogen) atoms. The highest BCUT2D eigenvalue weighted by Gasteiger charge is 2.27. The van der Waals surface area contributed by atoms with Gasteiger partial charge in [0.1, 0.15) is 19.8 Å². The Morgan fingerprint density at radius 2 is 0.836 bits per heavy atom. The lowest BCUT2D eigenvalue weighted by Gasteiger charge is -2.24. The van der Waals surface area contributed by atoms with Crippen LogP contribution in [0.1, 0.15) is 251 Å². The van der Waals surface area contributed by atoms with Gasteiger partial charge in [-0.15, -0.1) is 0 Å². The SMILES string of the molecule is CCCCCCCC/C=C/CCCCCCCC(=O)OC[C@H](COP(=O)(O)OCC[N+](C)(C)C)OC(=O)CCCCCCCCCCCCCCCCCCCCCCCC. The number of likely N-dealkylation sites (N-methyl/N-ethyl adjacent to an activating group) is 1. The number of phosphoric ester groups is 1. The minimum Gasteiger partial charge on any atom is -0.462 e. The van der Waals surface area contributed by atoms with Crippen LogP contribution >= 0.6 is 7.82 Å². The van der Waals surface area contributed by atoms with Gasteiger partial charge in [0, 0.05) is 12.8 Å². The van der Waals surface area contributed by atoms with Gasteiger partial charge < -0.3 is 18.9 Å². The van der Waals surface area contributed by atoms with Crippen molar-refractivity contribution in [1.29, 1.82) is 0 Å². The van der Waals surface area contributed by atoms with Gasteiger partial charge in [0.25, 0.3) is 0 Å². The van der Waals surface area contributed by atoms with Crippen molar-refractivity contribution < 1.29 is 42.1 Å². The molecule has 0 rings (SSSR count). The first-order valence-electron chi connectivity index (χ1n) is 25.9. The molecule has 0 amide bonds. The van der Waals surface area contributed by atoms with Crippen LogP contribution in [0.15, 0.2) is 12.2 Å². The zero-order chi connectivity index (χ0) is 45.0. The van der Waals surface area contributed by atoms with Crippen molar-refractivity contribution in [3.63, 3.8) is 0 Å². The summed E-state index contributed by atoms with van der Waals surface area (Å²) < 4.78 is 34.4. The number of nitrogens with zero attached hydrogens (tertiary/aromatic N) is 1. The van der Waals surface area contributed by atoms with E-state index in [0.717, 1.165) is 51.4 Å². The van der Waals surface area contributed by atoms with E-state index in [1.165, 1.54) is 167 Å². The highest BCUT2D eigenvalue weighted by Crippen LogP contribution is 2.43. The molecule has 0 aromatic heterocycles. The quantitative estimate of drug-likeness (QED) is 0.0212. The van der Waals surface area contributed by atoms with Crippen molar-refractivity contribution in [3.8, 4) is 0 Å². The second kappa shape index (κ2) is 44.0. The van der Waals surface area contributed by atoms with Gasteiger partial charge in [-0.3, -0.25) is 18.6 Å². The molecule has 0 heterocycles. The minimum absolute atomic E-state index is 0.0339. The van der Waals surface area contributed by atoms with Crippen LogP contribution in [0.3, 0.4) is 0 Å². The molecule has 0 aliphatic heterocycles. The number of hydrogen-bond acceptors (Lipinski definition) is 7. The zero-order valence-electron chi connectivity index (χ0n) is 40.9. The topological polar surface area (TPSA) is 108 Å². The molecule has 362 valence electrons. The van der Waals surface area contributed by atoms with Crippen molar-refractivity contribution in [2.45, 2.75) is 258 Å². The fourth-order valence-electron chi connectivity index (χ4n) is 7.48. The molecule has 0 bridgehead atoms. The second-order valence-electron chi connectivity index (χ2n) is 18.9. The molecule has 0 spiro atoms. The lowest BCUT2D eigenvalue weighted by atomic mass is 10.0. The predicted octanol–water partition coefficient (Wildman–Crippen LogP) is 15.3. The number of quaternary nitrogens is 1. The standard InChI is InChI=1S/C51H100NO8P/c1-6-8-10-12-14-16-18-20-22-23-24-25-26-27-28-30-32-34-36-38-40-42-44-51(54)60-49(48-59-61(55,56)58-46-45-52(3,4)5)47-57-50(53)43-41-39-37-35-33-31-29-21-19-17-15-13-11-9-7-2/h21,29,49H,6-20,22-28,30-48H2,1-5H3/p+1/b29-21+/t49-/m1/s1. The highest BCUT2D eigenvalue weighted by atomic mass is 31.2. The van der Waals surface area contributed by atoms with Crippen LogP contribution in [0.5, 0.6) is 0 Å². The number of carbonyl (C=O) groups is 2. The van der Waals surface area contributed by atoms with Crippen molar-refractivity contribution in [3.05, 3.63) is 12.2 Å². The van der Waals surface area contributed by atoms with Gasteiger partial charge in [-0.25, -0.2) is 4.57 Å². The third-order valence-corrected chi connectivity index (χ3v) is 12.5. The Bertz CT molecular complexity index is 1050. The Labute approximate surface area is 377 Å². The maximum Gasteiger partial charge on any atom is 0.472 e. The molecule has 0 aromatic rings. The van der Waals surface area contributed by atoms with Crippen LogP contribution in [-0.2, 0) is 32.7 Å². The van der Waals surface area contributed by atoms with Gasteiger partial charge in [-0.2, -0.15) is 0 Å². The molecule has 0 aromatic carbocycles. The van der Waals surface area contributed by atoms with Crippen molar-refractivity contribution in [2.24, 2.45) is 0 Å². The lowest BCUT2D eigenvalue weighted by molar-refractivity contribution is -0.870. The number of phosphoric acid groups is 1. The van der Waals surface area contributed by atoms with E-state index >= 15 is 0 Å². The van der Waals surface area contributed by atoms with Crippen LogP contribution in [0.4, 0.5) is 0 Å². The first-order valence-corrected chi connectivity index (χ1v) is 27.4. The molecule has 2 atom stereocenters. The monoisotopic (exact) mass is 887 g/mol. The number of carbonyl (C=O) groups excluding carboxylic acids is 2. The van der Waals surface area contributed by atoms with Gasteiger partial charge in [-0.1, -0.05) is 212 Å². The molecule has 1 N–H and O–H groups in total. The van der Waals surface area contributed by atoms with E-state index in [1.54, 1.807) is 0 Å². The first kappa shape index (κ1) is 59.8. The molecule has 0 saturated carbocycles. The Morgan fingerprint density at radius 1 is 0.492 bits per heavy atom. The number of unbranched alkanes of at least 4 members (excludes halogenated alkanes) is 32. The molecule has 0 aliphatic carbocycles. The van der Waals surface area contributed by atoms with Gasteiger partial charge in [0.05, 0.1) is 27.7 Å².